The van der Waals surface area contributed by atoms with E-state index in [1.807, 2.05) is 6.07 Å². The Labute approximate surface area is 136 Å². The lowest BCUT2D eigenvalue weighted by molar-refractivity contribution is 0.269. The Morgan fingerprint density at radius 1 is 1.23 bits per heavy atom. The molecule has 5 heteroatoms. The Morgan fingerprint density at radius 2 is 2.09 bits per heavy atom. The van der Waals surface area contributed by atoms with Crippen molar-refractivity contribution in [3.05, 3.63) is 29.5 Å². The van der Waals surface area contributed by atoms with Gasteiger partial charge in [0.25, 0.3) is 0 Å². The molecule has 2 aromatic heterocycles. The van der Waals surface area contributed by atoms with Gasteiger partial charge in [-0.1, -0.05) is 19.8 Å². The quantitative estimate of drug-likeness (QED) is 0.836. The van der Waals surface area contributed by atoms with Crippen molar-refractivity contribution >= 4 is 11.3 Å². The Hall–Kier alpha value is -1.33. The number of aromatic nitrogens is 3. The molecule has 0 saturated carbocycles. The lowest BCUT2D eigenvalue weighted by Gasteiger charge is -2.18. The lowest BCUT2D eigenvalue weighted by atomic mass is 9.96. The number of likely N-dealkylation sites (tertiary alicyclic amines) is 1. The number of hydrogen-bond acceptors (Lipinski definition) is 5. The molecule has 1 unspecified atom stereocenters. The van der Waals surface area contributed by atoms with Crippen molar-refractivity contribution in [2.45, 2.75) is 45.6 Å². The minimum atomic E-state index is 0.734. The molecular weight excluding hydrogens is 292 g/mol. The molecule has 0 aliphatic carbocycles. The largest absolute Gasteiger partial charge is 0.297 e. The van der Waals surface area contributed by atoms with E-state index in [-0.39, 0.29) is 0 Å². The van der Waals surface area contributed by atoms with Crippen LogP contribution in [-0.2, 0) is 6.54 Å². The van der Waals surface area contributed by atoms with Crippen LogP contribution >= 0.6 is 11.3 Å². The maximum Gasteiger partial charge on any atom is 0.188 e. The average Bonchev–Trinajstić information content (AvgIpc) is 2.90. The fraction of sp³-hybridized carbons (Fsp3) is 0.588. The fourth-order valence-electron chi connectivity index (χ4n) is 3.20. The first kappa shape index (κ1) is 15.6. The first-order valence-electron chi connectivity index (χ1n) is 8.29. The van der Waals surface area contributed by atoms with Crippen LogP contribution in [0.1, 0.15) is 44.7 Å². The summed E-state index contributed by atoms with van der Waals surface area (Å²) < 4.78 is 0. The molecule has 1 fully saturated rings. The first-order chi connectivity index (χ1) is 10.8. The van der Waals surface area contributed by atoms with Gasteiger partial charge in [0.05, 0.1) is 5.69 Å². The molecule has 0 amide bonds. The molecule has 1 saturated heterocycles. The predicted molar refractivity (Wildman–Crippen MR) is 90.7 cm³/mol. The summed E-state index contributed by atoms with van der Waals surface area (Å²) in [5.74, 6) is 1.66. The molecule has 1 aliphatic heterocycles. The molecule has 118 valence electrons. The van der Waals surface area contributed by atoms with E-state index in [1.54, 1.807) is 23.7 Å². The van der Waals surface area contributed by atoms with Crippen molar-refractivity contribution in [1.82, 2.24) is 19.9 Å². The smallest absolute Gasteiger partial charge is 0.188 e. The molecule has 4 nitrogen and oxygen atoms in total. The van der Waals surface area contributed by atoms with Gasteiger partial charge in [0.1, 0.15) is 0 Å². The molecule has 2 aromatic rings. The first-order valence-corrected chi connectivity index (χ1v) is 9.17. The van der Waals surface area contributed by atoms with Crippen LogP contribution in [0, 0.1) is 5.92 Å². The van der Waals surface area contributed by atoms with Crippen LogP contribution in [0.2, 0.25) is 0 Å². The van der Waals surface area contributed by atoms with Crippen LogP contribution in [0.15, 0.2) is 23.8 Å². The van der Waals surface area contributed by atoms with Gasteiger partial charge < -0.3 is 0 Å². The highest BCUT2D eigenvalue weighted by atomic mass is 32.1. The van der Waals surface area contributed by atoms with Gasteiger partial charge in [-0.25, -0.2) is 15.0 Å². The van der Waals surface area contributed by atoms with Crippen LogP contribution in [0.25, 0.3) is 10.8 Å². The van der Waals surface area contributed by atoms with Crippen molar-refractivity contribution in [3.63, 3.8) is 0 Å². The van der Waals surface area contributed by atoms with E-state index >= 15 is 0 Å². The summed E-state index contributed by atoms with van der Waals surface area (Å²) in [7, 11) is 0. The molecule has 3 rings (SSSR count). The van der Waals surface area contributed by atoms with Crippen molar-refractivity contribution in [3.8, 4) is 10.8 Å². The molecular formula is C17H24N4S. The summed E-state index contributed by atoms with van der Waals surface area (Å²) in [5, 5.41) is 3.08. The van der Waals surface area contributed by atoms with Gasteiger partial charge in [-0.3, -0.25) is 4.90 Å². The Kier molecular flexibility index (Phi) is 5.51. The van der Waals surface area contributed by atoms with Gasteiger partial charge >= 0.3 is 0 Å². The standard InChI is InChI=1S/C17H24N4S/c1-2-5-14-6-3-10-21(11-7-14)12-15-13-22-17(20-15)16-18-8-4-9-19-16/h4,8-9,13-14H,2-3,5-7,10-12H2,1H3. The van der Waals surface area contributed by atoms with Crippen molar-refractivity contribution in [1.29, 1.82) is 0 Å². The topological polar surface area (TPSA) is 41.9 Å². The van der Waals surface area contributed by atoms with Crippen molar-refractivity contribution in [2.24, 2.45) is 5.92 Å². The maximum absolute atomic E-state index is 4.71. The number of hydrogen-bond donors (Lipinski definition) is 0. The van der Waals surface area contributed by atoms with Gasteiger partial charge in [0.2, 0.25) is 0 Å². The summed E-state index contributed by atoms with van der Waals surface area (Å²) in [6, 6.07) is 1.84. The summed E-state index contributed by atoms with van der Waals surface area (Å²) in [6.45, 7) is 5.67. The van der Waals surface area contributed by atoms with E-state index in [2.05, 4.69) is 27.2 Å². The second-order valence-corrected chi connectivity index (χ2v) is 6.94. The molecule has 0 spiro atoms. The minimum absolute atomic E-state index is 0.734. The van der Waals surface area contributed by atoms with Crippen LogP contribution in [0.3, 0.4) is 0 Å². The molecule has 1 aliphatic rings. The zero-order valence-electron chi connectivity index (χ0n) is 13.2. The second-order valence-electron chi connectivity index (χ2n) is 6.08. The molecule has 0 N–H and O–H groups in total. The van der Waals surface area contributed by atoms with Crippen LogP contribution in [0.5, 0.6) is 0 Å². The second kappa shape index (κ2) is 7.79. The molecule has 1 atom stereocenters. The zero-order chi connectivity index (χ0) is 15.2. The third kappa shape index (κ3) is 4.11. The third-order valence-corrected chi connectivity index (χ3v) is 5.22. The molecule has 3 heterocycles. The van der Waals surface area contributed by atoms with Gasteiger partial charge in [0, 0.05) is 24.3 Å². The summed E-state index contributed by atoms with van der Waals surface area (Å²) >= 11 is 1.64. The Morgan fingerprint density at radius 3 is 2.91 bits per heavy atom. The predicted octanol–water partition coefficient (Wildman–Crippen LogP) is 4.00. The highest BCUT2D eigenvalue weighted by molar-refractivity contribution is 7.13. The van der Waals surface area contributed by atoms with E-state index in [4.69, 9.17) is 4.98 Å². The van der Waals surface area contributed by atoms with Gasteiger partial charge in [-0.05, 0) is 44.3 Å². The molecule has 0 bridgehead atoms. The zero-order valence-corrected chi connectivity index (χ0v) is 14.1. The highest BCUT2D eigenvalue weighted by Crippen LogP contribution is 2.24. The van der Waals surface area contributed by atoms with Crippen LogP contribution < -0.4 is 0 Å². The Bertz CT molecular complexity index is 569. The van der Waals surface area contributed by atoms with E-state index in [0.29, 0.717) is 0 Å². The van der Waals surface area contributed by atoms with Gasteiger partial charge in [-0.15, -0.1) is 11.3 Å². The van der Waals surface area contributed by atoms with E-state index in [1.165, 1.54) is 45.2 Å². The van der Waals surface area contributed by atoms with Gasteiger partial charge in [-0.2, -0.15) is 0 Å². The number of rotatable bonds is 5. The summed E-state index contributed by atoms with van der Waals surface area (Å²) in [6.07, 6.45) is 10.3. The van der Waals surface area contributed by atoms with Gasteiger partial charge in [0.15, 0.2) is 10.8 Å². The van der Waals surface area contributed by atoms with Crippen molar-refractivity contribution < 1.29 is 0 Å². The average molecular weight is 316 g/mol. The normalized spacial score (nSPS) is 20.0. The summed E-state index contributed by atoms with van der Waals surface area (Å²) in [4.78, 5) is 15.8. The minimum Gasteiger partial charge on any atom is -0.297 e. The lowest BCUT2D eigenvalue weighted by Crippen LogP contribution is -2.24. The van der Waals surface area contributed by atoms with E-state index in [0.717, 1.165) is 29.0 Å². The SMILES string of the molecule is CCCC1CCCN(Cc2csc(-c3ncccn3)n2)CC1. The molecule has 0 aromatic carbocycles. The summed E-state index contributed by atoms with van der Waals surface area (Å²) in [5.41, 5.74) is 1.15. The van der Waals surface area contributed by atoms with E-state index in [9.17, 15) is 0 Å². The van der Waals surface area contributed by atoms with Crippen LogP contribution in [0.4, 0.5) is 0 Å². The molecule has 0 radical (unpaired) electrons. The highest BCUT2D eigenvalue weighted by Gasteiger charge is 2.17. The third-order valence-electron chi connectivity index (χ3n) is 4.33. The Balaban J connectivity index is 1.58. The molecule has 22 heavy (non-hydrogen) atoms. The van der Waals surface area contributed by atoms with Crippen molar-refractivity contribution in [2.75, 3.05) is 13.1 Å². The number of nitrogens with zero attached hydrogens (tertiary/aromatic N) is 4. The van der Waals surface area contributed by atoms with E-state index < -0.39 is 0 Å². The maximum atomic E-state index is 4.71. The van der Waals surface area contributed by atoms with Crippen LogP contribution in [-0.4, -0.2) is 32.9 Å². The monoisotopic (exact) mass is 316 g/mol. The number of thiazole rings is 1. The fourth-order valence-corrected chi connectivity index (χ4v) is 3.96.